The number of carbonyl (C=O) groups excluding carboxylic acids is 2. The minimum absolute atomic E-state index is 0.0993. The molecule has 0 saturated carbocycles. The zero-order chi connectivity index (χ0) is 19.9. The molecule has 0 fully saturated rings. The number of nitrogens with zero attached hydrogens (tertiary/aromatic N) is 1. The highest BCUT2D eigenvalue weighted by atomic mass is 32.2. The number of nitrogens with two attached hydrogens (primary N) is 1. The lowest BCUT2D eigenvalue weighted by molar-refractivity contribution is -0.118. The largest absolute Gasteiger partial charge is 0.352 e. The second-order valence-corrected chi connectivity index (χ2v) is 8.24. The predicted molar refractivity (Wildman–Crippen MR) is 101 cm³/mol. The average Bonchev–Trinajstić information content (AvgIpc) is 2.54. The van der Waals surface area contributed by atoms with Gasteiger partial charge in [-0.3, -0.25) is 4.79 Å². The van der Waals surface area contributed by atoms with Crippen molar-refractivity contribution in [2.75, 3.05) is 18.4 Å². The summed E-state index contributed by atoms with van der Waals surface area (Å²) in [7, 11) is -3.63. The van der Waals surface area contributed by atoms with Crippen molar-refractivity contribution in [2.24, 2.45) is 11.7 Å². The lowest BCUT2D eigenvalue weighted by Gasteiger charge is -2.20. The van der Waals surface area contributed by atoms with Crippen LogP contribution >= 0.6 is 0 Å². The van der Waals surface area contributed by atoms with Gasteiger partial charge >= 0.3 is 6.03 Å². The SMILES string of the molecule is CCN(CC)S(=O)(=O)c1cccc(NC(=O)[C@H](CC(C)C)NC(N)=O)c1. The summed E-state index contributed by atoms with van der Waals surface area (Å²) in [6, 6.07) is 4.46. The van der Waals surface area contributed by atoms with Crippen LogP contribution in [0.3, 0.4) is 0 Å². The van der Waals surface area contributed by atoms with Gasteiger partial charge in [0.15, 0.2) is 0 Å². The number of primary amides is 1. The van der Waals surface area contributed by atoms with E-state index in [2.05, 4.69) is 10.6 Å². The summed E-state index contributed by atoms with van der Waals surface area (Å²) in [5.74, 6) is -0.290. The second kappa shape index (κ2) is 9.54. The van der Waals surface area contributed by atoms with Crippen molar-refractivity contribution < 1.29 is 18.0 Å². The van der Waals surface area contributed by atoms with E-state index in [1.54, 1.807) is 26.0 Å². The van der Waals surface area contributed by atoms with Crippen LogP contribution in [-0.2, 0) is 14.8 Å². The van der Waals surface area contributed by atoms with Crippen LogP contribution in [0.5, 0.6) is 0 Å². The number of benzene rings is 1. The Morgan fingerprint density at radius 1 is 1.19 bits per heavy atom. The molecule has 3 amide bonds. The van der Waals surface area contributed by atoms with E-state index in [9.17, 15) is 18.0 Å². The molecule has 26 heavy (non-hydrogen) atoms. The highest BCUT2D eigenvalue weighted by Gasteiger charge is 2.24. The third-order valence-corrected chi connectivity index (χ3v) is 5.83. The number of rotatable bonds is 9. The Bertz CT molecular complexity index is 730. The van der Waals surface area contributed by atoms with Crippen molar-refractivity contribution in [1.82, 2.24) is 9.62 Å². The zero-order valence-corrected chi connectivity index (χ0v) is 16.5. The molecule has 8 nitrogen and oxygen atoms in total. The van der Waals surface area contributed by atoms with Gasteiger partial charge in [-0.2, -0.15) is 4.31 Å². The van der Waals surface area contributed by atoms with Crippen LogP contribution in [0.1, 0.15) is 34.1 Å². The fraction of sp³-hybridized carbons (Fsp3) is 0.529. The Morgan fingerprint density at radius 3 is 2.31 bits per heavy atom. The lowest BCUT2D eigenvalue weighted by atomic mass is 10.0. The summed E-state index contributed by atoms with van der Waals surface area (Å²) in [5, 5.41) is 5.06. The molecule has 0 spiro atoms. The molecule has 0 saturated heterocycles. The number of sulfonamides is 1. The molecule has 0 radical (unpaired) electrons. The minimum Gasteiger partial charge on any atom is -0.352 e. The molecule has 9 heteroatoms. The van der Waals surface area contributed by atoms with Gasteiger partial charge in [-0.05, 0) is 30.5 Å². The van der Waals surface area contributed by atoms with Crippen LogP contribution in [0.4, 0.5) is 10.5 Å². The van der Waals surface area contributed by atoms with Crippen molar-refractivity contribution >= 4 is 27.6 Å². The molecule has 1 aromatic carbocycles. The van der Waals surface area contributed by atoms with Crippen LogP contribution in [-0.4, -0.2) is 43.8 Å². The molecule has 0 bridgehead atoms. The van der Waals surface area contributed by atoms with Crippen LogP contribution in [0.15, 0.2) is 29.2 Å². The first-order valence-corrected chi connectivity index (χ1v) is 10.0. The van der Waals surface area contributed by atoms with E-state index >= 15 is 0 Å². The summed E-state index contributed by atoms with van der Waals surface area (Å²) in [5.41, 5.74) is 5.47. The van der Waals surface area contributed by atoms with Crippen LogP contribution < -0.4 is 16.4 Å². The Morgan fingerprint density at radius 2 is 1.81 bits per heavy atom. The number of amides is 3. The third-order valence-electron chi connectivity index (χ3n) is 3.78. The van der Waals surface area contributed by atoms with E-state index in [1.165, 1.54) is 16.4 Å². The molecule has 0 aliphatic rings. The lowest BCUT2D eigenvalue weighted by Crippen LogP contribution is -2.46. The van der Waals surface area contributed by atoms with Gasteiger partial charge in [0.25, 0.3) is 0 Å². The Kier molecular flexibility index (Phi) is 8.04. The zero-order valence-electron chi connectivity index (χ0n) is 15.7. The Balaban J connectivity index is 3.03. The van der Waals surface area contributed by atoms with Gasteiger partial charge in [0.2, 0.25) is 15.9 Å². The molecule has 0 heterocycles. The van der Waals surface area contributed by atoms with Gasteiger partial charge in [0.05, 0.1) is 4.90 Å². The van der Waals surface area contributed by atoms with Gasteiger partial charge in [0, 0.05) is 18.8 Å². The van der Waals surface area contributed by atoms with E-state index in [1.807, 2.05) is 13.8 Å². The molecule has 1 rings (SSSR count). The van der Waals surface area contributed by atoms with Gasteiger partial charge in [-0.25, -0.2) is 13.2 Å². The second-order valence-electron chi connectivity index (χ2n) is 6.30. The van der Waals surface area contributed by atoms with E-state index in [0.29, 0.717) is 25.2 Å². The van der Waals surface area contributed by atoms with Gasteiger partial charge in [0.1, 0.15) is 6.04 Å². The van der Waals surface area contributed by atoms with Gasteiger partial charge in [-0.1, -0.05) is 33.8 Å². The summed E-state index contributed by atoms with van der Waals surface area (Å²) in [6.45, 7) is 8.07. The Hall–Kier alpha value is -2.13. The van der Waals surface area contributed by atoms with Crippen molar-refractivity contribution in [2.45, 2.75) is 45.1 Å². The topological polar surface area (TPSA) is 122 Å². The summed E-state index contributed by atoms with van der Waals surface area (Å²) in [6.07, 6.45) is 0.409. The molecule has 0 aromatic heterocycles. The molecule has 1 aromatic rings. The molecule has 0 unspecified atom stereocenters. The van der Waals surface area contributed by atoms with Crippen LogP contribution in [0.25, 0.3) is 0 Å². The number of hydrogen-bond acceptors (Lipinski definition) is 4. The van der Waals surface area contributed by atoms with Gasteiger partial charge < -0.3 is 16.4 Å². The average molecular weight is 385 g/mol. The standard InChI is InChI=1S/C17H28N4O4S/c1-5-21(6-2)26(24,25)14-9-7-8-13(11-14)19-16(22)15(10-12(3)4)20-17(18)23/h7-9,11-12,15H,5-6,10H2,1-4H3,(H,19,22)(H3,18,20,23)/t15-/m0/s1. The first kappa shape index (κ1) is 21.9. The van der Waals surface area contributed by atoms with Crippen molar-refractivity contribution in [1.29, 1.82) is 0 Å². The molecule has 146 valence electrons. The minimum atomic E-state index is -3.63. The normalized spacial score (nSPS) is 12.8. The van der Waals surface area contributed by atoms with E-state index < -0.39 is 28.0 Å². The van der Waals surface area contributed by atoms with Crippen molar-refractivity contribution in [3.63, 3.8) is 0 Å². The number of urea groups is 1. The van der Waals surface area contributed by atoms with Crippen molar-refractivity contribution in [3.05, 3.63) is 24.3 Å². The number of carbonyl (C=O) groups is 2. The predicted octanol–water partition coefficient (Wildman–Crippen LogP) is 1.74. The number of nitrogens with one attached hydrogen (secondary N) is 2. The smallest absolute Gasteiger partial charge is 0.312 e. The summed E-state index contributed by atoms with van der Waals surface area (Å²) in [4.78, 5) is 23.7. The molecule has 1 atom stereocenters. The highest BCUT2D eigenvalue weighted by molar-refractivity contribution is 7.89. The maximum absolute atomic E-state index is 12.6. The molecule has 4 N–H and O–H groups in total. The molecular formula is C17H28N4O4S. The fourth-order valence-electron chi connectivity index (χ4n) is 2.55. The Labute approximate surface area is 155 Å². The summed E-state index contributed by atoms with van der Waals surface area (Å²) < 4.78 is 26.5. The van der Waals surface area contributed by atoms with E-state index in [-0.39, 0.29) is 10.8 Å². The third kappa shape index (κ3) is 5.99. The summed E-state index contributed by atoms with van der Waals surface area (Å²) >= 11 is 0. The molecule has 0 aliphatic heterocycles. The van der Waals surface area contributed by atoms with Crippen LogP contribution in [0.2, 0.25) is 0 Å². The number of anilines is 1. The first-order valence-electron chi connectivity index (χ1n) is 8.58. The first-order chi connectivity index (χ1) is 12.1. The quantitative estimate of drug-likeness (QED) is 0.600. The maximum atomic E-state index is 12.6. The number of hydrogen-bond donors (Lipinski definition) is 3. The highest BCUT2D eigenvalue weighted by Crippen LogP contribution is 2.20. The van der Waals surface area contributed by atoms with Crippen molar-refractivity contribution in [3.8, 4) is 0 Å². The fourth-order valence-corrected chi connectivity index (χ4v) is 4.06. The van der Waals surface area contributed by atoms with Crippen LogP contribution in [0, 0.1) is 5.92 Å². The maximum Gasteiger partial charge on any atom is 0.312 e. The molecular weight excluding hydrogens is 356 g/mol. The molecule has 0 aliphatic carbocycles. The van der Waals surface area contributed by atoms with E-state index in [0.717, 1.165) is 0 Å². The van der Waals surface area contributed by atoms with E-state index in [4.69, 9.17) is 5.73 Å². The monoisotopic (exact) mass is 384 g/mol. The van der Waals surface area contributed by atoms with Gasteiger partial charge in [-0.15, -0.1) is 0 Å².